The minimum absolute atomic E-state index is 0.529. The summed E-state index contributed by atoms with van der Waals surface area (Å²) in [5, 5.41) is 4.82. The van der Waals surface area contributed by atoms with Crippen LogP contribution in [0.3, 0.4) is 0 Å². The molecule has 0 amide bonds. The number of aromatic nitrogens is 1. The quantitative estimate of drug-likeness (QED) is 0.512. The molecule has 1 N–H and O–H groups in total. The van der Waals surface area contributed by atoms with Gasteiger partial charge in [-0.1, -0.05) is 32.4 Å². The van der Waals surface area contributed by atoms with Gasteiger partial charge >= 0.3 is 0 Å². The highest BCUT2D eigenvalue weighted by Gasteiger charge is 2.03. The Hall–Kier alpha value is -1.54. The second kappa shape index (κ2) is 8.04. The van der Waals surface area contributed by atoms with Gasteiger partial charge in [0.05, 0.1) is 0 Å². The molecule has 0 radical (unpaired) electrons. The van der Waals surface area contributed by atoms with Crippen molar-refractivity contribution in [3.63, 3.8) is 0 Å². The van der Waals surface area contributed by atoms with E-state index in [4.69, 9.17) is 0 Å². The van der Waals surface area contributed by atoms with Gasteiger partial charge < -0.3 is 9.88 Å². The van der Waals surface area contributed by atoms with Crippen LogP contribution in [0.4, 0.5) is 0 Å². The first-order chi connectivity index (χ1) is 10.2. The van der Waals surface area contributed by atoms with E-state index in [1.807, 2.05) is 6.08 Å². The number of fused-ring (bicyclic) bond motifs is 1. The maximum atomic E-state index is 3.77. The Kier molecular flexibility index (Phi) is 6.06. The van der Waals surface area contributed by atoms with Gasteiger partial charge in [-0.25, -0.2) is 0 Å². The van der Waals surface area contributed by atoms with E-state index in [-0.39, 0.29) is 0 Å². The number of benzene rings is 1. The van der Waals surface area contributed by atoms with E-state index in [2.05, 4.69) is 60.8 Å². The number of hydrogen-bond acceptors (Lipinski definition) is 1. The van der Waals surface area contributed by atoms with Gasteiger partial charge in [-0.3, -0.25) is 0 Å². The minimum atomic E-state index is 0.529. The van der Waals surface area contributed by atoms with E-state index in [1.165, 1.54) is 35.7 Å². The van der Waals surface area contributed by atoms with E-state index < -0.39 is 0 Å². The largest absolute Gasteiger partial charge is 0.347 e. The number of nitrogens with one attached hydrogen (secondary N) is 1. The first kappa shape index (κ1) is 15.8. The third kappa shape index (κ3) is 4.75. The standard InChI is InChI=1S/C19H28N2/c1-4-5-6-7-8-12-21-13-11-18-14-17(9-10-19(18)21)15-20-16(2)3/h4,9-11,13-14,16,20H,1,5-8,12,15H2,2-3H3. The SMILES string of the molecule is C=CCCCCCn1ccc2cc(CNC(C)C)ccc21. The topological polar surface area (TPSA) is 17.0 Å². The molecule has 0 saturated heterocycles. The summed E-state index contributed by atoms with van der Waals surface area (Å²) in [7, 11) is 0. The lowest BCUT2D eigenvalue weighted by molar-refractivity contribution is 0.589. The van der Waals surface area contributed by atoms with Crippen LogP contribution >= 0.6 is 0 Å². The van der Waals surface area contributed by atoms with E-state index in [0.29, 0.717) is 6.04 Å². The molecule has 0 saturated carbocycles. The fraction of sp³-hybridized carbons (Fsp3) is 0.474. The third-order valence-corrected chi connectivity index (χ3v) is 3.86. The molecule has 1 aromatic carbocycles. The summed E-state index contributed by atoms with van der Waals surface area (Å²) >= 11 is 0. The van der Waals surface area contributed by atoms with Gasteiger partial charge in [0.1, 0.15) is 0 Å². The van der Waals surface area contributed by atoms with Crippen LogP contribution in [0.15, 0.2) is 43.1 Å². The Bertz CT molecular complexity index is 566. The maximum absolute atomic E-state index is 3.77. The van der Waals surface area contributed by atoms with Gasteiger partial charge in [0.25, 0.3) is 0 Å². The van der Waals surface area contributed by atoms with Gasteiger partial charge in [0.15, 0.2) is 0 Å². The smallest absolute Gasteiger partial charge is 0.0480 e. The van der Waals surface area contributed by atoms with Crippen molar-refractivity contribution in [3.8, 4) is 0 Å². The number of aryl methyl sites for hydroxylation is 1. The molecular formula is C19H28N2. The molecule has 21 heavy (non-hydrogen) atoms. The van der Waals surface area contributed by atoms with Gasteiger partial charge in [0.2, 0.25) is 0 Å². The molecule has 2 heteroatoms. The zero-order valence-corrected chi connectivity index (χ0v) is 13.4. The predicted molar refractivity (Wildman–Crippen MR) is 92.6 cm³/mol. The maximum Gasteiger partial charge on any atom is 0.0480 e. The van der Waals surface area contributed by atoms with Crippen molar-refractivity contribution in [2.45, 2.75) is 58.7 Å². The summed E-state index contributed by atoms with van der Waals surface area (Å²) < 4.78 is 2.38. The lowest BCUT2D eigenvalue weighted by Gasteiger charge is -2.09. The van der Waals surface area contributed by atoms with Crippen LogP contribution in [-0.2, 0) is 13.1 Å². The van der Waals surface area contributed by atoms with Gasteiger partial charge in [-0.05, 0) is 48.4 Å². The minimum Gasteiger partial charge on any atom is -0.347 e. The van der Waals surface area contributed by atoms with Crippen molar-refractivity contribution < 1.29 is 0 Å². The zero-order chi connectivity index (χ0) is 15.1. The molecule has 1 heterocycles. The van der Waals surface area contributed by atoms with Gasteiger partial charge in [-0.2, -0.15) is 0 Å². The highest BCUT2D eigenvalue weighted by Crippen LogP contribution is 2.19. The fourth-order valence-electron chi connectivity index (χ4n) is 2.62. The van der Waals surface area contributed by atoms with E-state index in [0.717, 1.165) is 19.5 Å². The summed E-state index contributed by atoms with van der Waals surface area (Å²) in [6.07, 6.45) is 9.15. The molecule has 0 bridgehead atoms. The lowest BCUT2D eigenvalue weighted by atomic mass is 10.1. The van der Waals surface area contributed by atoms with Gasteiger partial charge in [0, 0.05) is 30.8 Å². The summed E-state index contributed by atoms with van der Waals surface area (Å²) in [5.74, 6) is 0. The molecule has 0 atom stereocenters. The van der Waals surface area contributed by atoms with E-state index >= 15 is 0 Å². The Morgan fingerprint density at radius 1 is 1.19 bits per heavy atom. The number of allylic oxidation sites excluding steroid dienone is 1. The fourth-order valence-corrected chi connectivity index (χ4v) is 2.62. The predicted octanol–water partition coefficient (Wildman–Crippen LogP) is 4.89. The van der Waals surface area contributed by atoms with Crippen molar-refractivity contribution >= 4 is 10.9 Å². The number of nitrogens with zero attached hydrogens (tertiary/aromatic N) is 1. The molecule has 0 spiro atoms. The van der Waals surface area contributed by atoms with Crippen molar-refractivity contribution in [3.05, 3.63) is 48.7 Å². The van der Waals surface area contributed by atoms with Crippen LogP contribution < -0.4 is 5.32 Å². The zero-order valence-electron chi connectivity index (χ0n) is 13.4. The monoisotopic (exact) mass is 284 g/mol. The number of unbranched alkanes of at least 4 members (excludes halogenated alkanes) is 3. The Labute approximate surface area is 128 Å². The number of rotatable bonds is 9. The van der Waals surface area contributed by atoms with Crippen LogP contribution in [-0.4, -0.2) is 10.6 Å². The Balaban J connectivity index is 1.95. The Morgan fingerprint density at radius 3 is 2.81 bits per heavy atom. The average Bonchev–Trinajstić information content (AvgIpc) is 2.87. The summed E-state index contributed by atoms with van der Waals surface area (Å²) in [6, 6.07) is 9.57. The summed E-state index contributed by atoms with van der Waals surface area (Å²) in [6.45, 7) is 10.2. The first-order valence-corrected chi connectivity index (χ1v) is 8.13. The summed E-state index contributed by atoms with van der Waals surface area (Å²) in [4.78, 5) is 0. The number of hydrogen-bond donors (Lipinski definition) is 1. The Morgan fingerprint density at radius 2 is 2.05 bits per heavy atom. The molecule has 114 valence electrons. The van der Waals surface area contributed by atoms with Crippen LogP contribution in [0.2, 0.25) is 0 Å². The molecule has 2 nitrogen and oxygen atoms in total. The van der Waals surface area contributed by atoms with Crippen molar-refractivity contribution in [1.29, 1.82) is 0 Å². The van der Waals surface area contributed by atoms with Crippen molar-refractivity contribution in [1.82, 2.24) is 9.88 Å². The molecule has 0 aliphatic carbocycles. The normalized spacial score (nSPS) is 11.4. The van der Waals surface area contributed by atoms with Crippen LogP contribution in [0.1, 0.15) is 45.1 Å². The van der Waals surface area contributed by atoms with Gasteiger partial charge in [-0.15, -0.1) is 6.58 Å². The van der Waals surface area contributed by atoms with Crippen LogP contribution in [0.25, 0.3) is 10.9 Å². The average molecular weight is 284 g/mol. The van der Waals surface area contributed by atoms with Crippen molar-refractivity contribution in [2.75, 3.05) is 0 Å². The van der Waals surface area contributed by atoms with E-state index in [9.17, 15) is 0 Å². The highest BCUT2D eigenvalue weighted by atomic mass is 14.9. The molecule has 0 aliphatic rings. The first-order valence-electron chi connectivity index (χ1n) is 8.13. The van der Waals surface area contributed by atoms with Crippen LogP contribution in [0.5, 0.6) is 0 Å². The second-order valence-electron chi connectivity index (χ2n) is 6.08. The molecule has 2 aromatic rings. The van der Waals surface area contributed by atoms with Crippen molar-refractivity contribution in [2.24, 2.45) is 0 Å². The van der Waals surface area contributed by atoms with E-state index in [1.54, 1.807) is 0 Å². The molecule has 0 aliphatic heterocycles. The molecule has 0 unspecified atom stereocenters. The van der Waals surface area contributed by atoms with Crippen LogP contribution in [0, 0.1) is 0 Å². The molecule has 0 fully saturated rings. The summed E-state index contributed by atoms with van der Waals surface area (Å²) in [5.41, 5.74) is 2.71. The molecular weight excluding hydrogens is 256 g/mol. The third-order valence-electron chi connectivity index (χ3n) is 3.86. The second-order valence-corrected chi connectivity index (χ2v) is 6.08. The lowest BCUT2D eigenvalue weighted by Crippen LogP contribution is -2.21. The molecule has 1 aromatic heterocycles. The highest BCUT2D eigenvalue weighted by molar-refractivity contribution is 5.80. The molecule has 2 rings (SSSR count).